The Bertz CT molecular complexity index is 432. The lowest BCUT2D eigenvalue weighted by Gasteiger charge is -2.36. The Hall–Kier alpha value is -1.55. The number of epoxide rings is 1. The van der Waals surface area contributed by atoms with Gasteiger partial charge in [-0.3, -0.25) is 4.79 Å². The van der Waals surface area contributed by atoms with Crippen molar-refractivity contribution in [2.24, 2.45) is 0 Å². The molecule has 0 N–H and O–H groups in total. The van der Waals surface area contributed by atoms with Gasteiger partial charge >= 0.3 is 0 Å². The van der Waals surface area contributed by atoms with E-state index in [2.05, 4.69) is 36.1 Å². The van der Waals surface area contributed by atoms with Gasteiger partial charge in [-0.15, -0.1) is 0 Å². The number of anilines is 1. The molecule has 0 aliphatic carbocycles. The van der Waals surface area contributed by atoms with E-state index in [4.69, 9.17) is 4.74 Å². The van der Waals surface area contributed by atoms with Crippen LogP contribution in [0.15, 0.2) is 24.3 Å². The molecular weight excluding hydrogens is 228 g/mol. The molecule has 3 rings (SSSR count). The molecule has 2 fully saturated rings. The summed E-state index contributed by atoms with van der Waals surface area (Å²) in [5.41, 5.74) is 2.52. The summed E-state index contributed by atoms with van der Waals surface area (Å²) >= 11 is 0. The van der Waals surface area contributed by atoms with Gasteiger partial charge in [-0.05, 0) is 19.1 Å². The van der Waals surface area contributed by atoms with Crippen molar-refractivity contribution in [3.05, 3.63) is 29.8 Å². The second kappa shape index (κ2) is 4.61. The van der Waals surface area contributed by atoms with E-state index in [0.717, 1.165) is 26.2 Å². The molecule has 2 aliphatic rings. The van der Waals surface area contributed by atoms with Crippen LogP contribution < -0.4 is 4.90 Å². The van der Waals surface area contributed by atoms with E-state index in [9.17, 15) is 4.79 Å². The van der Waals surface area contributed by atoms with Crippen molar-refractivity contribution in [1.29, 1.82) is 0 Å². The predicted molar refractivity (Wildman–Crippen MR) is 69.7 cm³/mol. The third kappa shape index (κ3) is 2.34. The van der Waals surface area contributed by atoms with Gasteiger partial charge in [0.2, 0.25) is 0 Å². The number of piperazine rings is 1. The van der Waals surface area contributed by atoms with Crippen molar-refractivity contribution < 1.29 is 9.53 Å². The van der Waals surface area contributed by atoms with E-state index in [1.54, 1.807) is 0 Å². The second-order valence-corrected chi connectivity index (χ2v) is 4.97. The number of carbonyl (C=O) groups excluding carboxylic acids is 1. The molecule has 2 saturated heterocycles. The van der Waals surface area contributed by atoms with Crippen LogP contribution in [-0.2, 0) is 9.53 Å². The van der Waals surface area contributed by atoms with Crippen molar-refractivity contribution in [2.45, 2.75) is 13.0 Å². The summed E-state index contributed by atoms with van der Waals surface area (Å²) in [5, 5.41) is 0. The van der Waals surface area contributed by atoms with Crippen molar-refractivity contribution in [2.75, 3.05) is 37.7 Å². The zero-order chi connectivity index (χ0) is 12.5. The van der Waals surface area contributed by atoms with E-state index < -0.39 is 0 Å². The Kier molecular flexibility index (Phi) is 2.96. The molecule has 0 saturated carbocycles. The standard InChI is InChI=1S/C14H18N2O2/c1-11-2-4-12(5-3-11)15-6-8-16(9-7-15)14(17)13-10-18-13/h2-5,13H,6-10H2,1H3. The van der Waals surface area contributed by atoms with Crippen LogP contribution in [-0.4, -0.2) is 49.7 Å². The third-order valence-corrected chi connectivity index (χ3v) is 3.60. The van der Waals surface area contributed by atoms with Gasteiger partial charge in [0.1, 0.15) is 0 Å². The van der Waals surface area contributed by atoms with E-state index in [1.165, 1.54) is 11.3 Å². The molecule has 18 heavy (non-hydrogen) atoms. The van der Waals surface area contributed by atoms with Gasteiger partial charge in [0, 0.05) is 31.9 Å². The average Bonchev–Trinajstić information content (AvgIpc) is 3.23. The summed E-state index contributed by atoms with van der Waals surface area (Å²) in [7, 11) is 0. The summed E-state index contributed by atoms with van der Waals surface area (Å²) in [5.74, 6) is 0.165. The monoisotopic (exact) mass is 246 g/mol. The Morgan fingerprint density at radius 1 is 1.17 bits per heavy atom. The number of hydrogen-bond acceptors (Lipinski definition) is 3. The van der Waals surface area contributed by atoms with Gasteiger partial charge in [0.25, 0.3) is 5.91 Å². The number of hydrogen-bond donors (Lipinski definition) is 0. The highest BCUT2D eigenvalue weighted by molar-refractivity contribution is 5.83. The van der Waals surface area contributed by atoms with Crippen molar-refractivity contribution >= 4 is 11.6 Å². The Morgan fingerprint density at radius 2 is 1.78 bits per heavy atom. The largest absolute Gasteiger partial charge is 0.368 e. The van der Waals surface area contributed by atoms with Crippen LogP contribution in [0.2, 0.25) is 0 Å². The van der Waals surface area contributed by atoms with Gasteiger partial charge < -0.3 is 14.5 Å². The van der Waals surface area contributed by atoms with Crippen molar-refractivity contribution in [3.63, 3.8) is 0 Å². The minimum Gasteiger partial charge on any atom is -0.368 e. The fourth-order valence-corrected chi connectivity index (χ4v) is 2.33. The van der Waals surface area contributed by atoms with Crippen LogP contribution in [0.5, 0.6) is 0 Å². The number of amides is 1. The van der Waals surface area contributed by atoms with Crippen LogP contribution in [0.1, 0.15) is 5.56 Å². The SMILES string of the molecule is Cc1ccc(N2CCN(C(=O)C3CO3)CC2)cc1. The molecule has 0 aromatic heterocycles. The highest BCUT2D eigenvalue weighted by atomic mass is 16.6. The first-order chi connectivity index (χ1) is 8.74. The maximum Gasteiger partial charge on any atom is 0.254 e. The summed E-state index contributed by atoms with van der Waals surface area (Å²) in [6.45, 7) is 6.11. The molecule has 1 aromatic carbocycles. The van der Waals surface area contributed by atoms with Gasteiger partial charge in [0.05, 0.1) is 6.61 Å². The fourth-order valence-electron chi connectivity index (χ4n) is 2.33. The summed E-state index contributed by atoms with van der Waals surface area (Å²) < 4.78 is 5.04. The topological polar surface area (TPSA) is 36.1 Å². The van der Waals surface area contributed by atoms with Crippen LogP contribution in [0.25, 0.3) is 0 Å². The van der Waals surface area contributed by atoms with Crippen LogP contribution in [0.4, 0.5) is 5.69 Å². The number of nitrogens with zero attached hydrogens (tertiary/aromatic N) is 2. The van der Waals surface area contributed by atoms with E-state index in [0.29, 0.717) is 6.61 Å². The zero-order valence-electron chi connectivity index (χ0n) is 10.6. The average molecular weight is 246 g/mol. The molecule has 0 spiro atoms. The molecular formula is C14H18N2O2. The number of aryl methyl sites for hydroxylation is 1. The summed E-state index contributed by atoms with van der Waals surface area (Å²) in [4.78, 5) is 16.1. The minimum atomic E-state index is -0.143. The highest BCUT2D eigenvalue weighted by Crippen LogP contribution is 2.19. The smallest absolute Gasteiger partial charge is 0.254 e. The molecule has 2 heterocycles. The summed E-state index contributed by atoms with van der Waals surface area (Å²) in [6.07, 6.45) is -0.143. The van der Waals surface area contributed by atoms with Gasteiger partial charge in [-0.1, -0.05) is 17.7 Å². The third-order valence-electron chi connectivity index (χ3n) is 3.60. The molecule has 1 unspecified atom stereocenters. The van der Waals surface area contributed by atoms with Crippen LogP contribution in [0, 0.1) is 6.92 Å². The lowest BCUT2D eigenvalue weighted by molar-refractivity contribution is -0.132. The minimum absolute atomic E-state index is 0.143. The Balaban J connectivity index is 1.59. The molecule has 1 atom stereocenters. The Morgan fingerprint density at radius 3 is 2.33 bits per heavy atom. The molecule has 1 aromatic rings. The van der Waals surface area contributed by atoms with Crippen molar-refractivity contribution in [3.8, 4) is 0 Å². The lowest BCUT2D eigenvalue weighted by Crippen LogP contribution is -2.50. The predicted octanol–water partition coefficient (Wildman–Crippen LogP) is 1.04. The first-order valence-electron chi connectivity index (χ1n) is 6.46. The highest BCUT2D eigenvalue weighted by Gasteiger charge is 2.36. The number of rotatable bonds is 2. The number of benzene rings is 1. The maximum absolute atomic E-state index is 11.8. The Labute approximate surface area is 107 Å². The van der Waals surface area contributed by atoms with Crippen LogP contribution >= 0.6 is 0 Å². The maximum atomic E-state index is 11.8. The van der Waals surface area contributed by atoms with Crippen molar-refractivity contribution in [1.82, 2.24) is 4.90 Å². The number of ether oxygens (including phenoxy) is 1. The quantitative estimate of drug-likeness (QED) is 0.732. The molecule has 1 amide bonds. The normalized spacial score (nSPS) is 23.1. The van der Waals surface area contributed by atoms with E-state index >= 15 is 0 Å². The van der Waals surface area contributed by atoms with Gasteiger partial charge in [0.15, 0.2) is 6.10 Å². The lowest BCUT2D eigenvalue weighted by atomic mass is 10.2. The zero-order valence-corrected chi connectivity index (χ0v) is 10.6. The number of carbonyl (C=O) groups is 1. The molecule has 96 valence electrons. The first-order valence-corrected chi connectivity index (χ1v) is 6.46. The second-order valence-electron chi connectivity index (χ2n) is 4.97. The van der Waals surface area contributed by atoms with Gasteiger partial charge in [-0.25, -0.2) is 0 Å². The molecule has 0 bridgehead atoms. The van der Waals surface area contributed by atoms with E-state index in [-0.39, 0.29) is 12.0 Å². The molecule has 4 nitrogen and oxygen atoms in total. The molecule has 2 aliphatic heterocycles. The van der Waals surface area contributed by atoms with Crippen LogP contribution in [0.3, 0.4) is 0 Å². The first kappa shape index (κ1) is 11.5. The fraction of sp³-hybridized carbons (Fsp3) is 0.500. The molecule has 4 heteroatoms. The summed E-state index contributed by atoms with van der Waals surface area (Å²) in [6, 6.07) is 8.56. The van der Waals surface area contributed by atoms with E-state index in [1.807, 2.05) is 4.90 Å². The van der Waals surface area contributed by atoms with Gasteiger partial charge in [-0.2, -0.15) is 0 Å². The molecule has 0 radical (unpaired) electrons.